The van der Waals surface area contributed by atoms with Crippen molar-refractivity contribution in [1.29, 1.82) is 0 Å². The molecule has 1 aliphatic heterocycles. The van der Waals surface area contributed by atoms with Gasteiger partial charge in [0.15, 0.2) is 0 Å². The zero-order chi connectivity index (χ0) is 19.5. The van der Waals surface area contributed by atoms with Crippen molar-refractivity contribution < 1.29 is 14.3 Å². The number of fused-ring (bicyclic) bond motifs is 1. The van der Waals surface area contributed by atoms with Gasteiger partial charge in [0.2, 0.25) is 5.91 Å². The van der Waals surface area contributed by atoms with Gasteiger partial charge in [-0.2, -0.15) is 0 Å². The Hall–Kier alpha value is -2.04. The average Bonchev–Trinajstić information content (AvgIpc) is 3.36. The Labute approximate surface area is 167 Å². The minimum Gasteiger partial charge on any atom is -0.497 e. The molecule has 0 aromatic heterocycles. The summed E-state index contributed by atoms with van der Waals surface area (Å²) in [5.41, 5.74) is 0.648. The number of likely N-dealkylation sites (tertiary alicyclic amines) is 1. The maximum absolute atomic E-state index is 12.7. The molecule has 1 saturated heterocycles. The molecule has 0 unspecified atom stereocenters. The van der Waals surface area contributed by atoms with Crippen LogP contribution in [0.2, 0.25) is 0 Å². The Kier molecular flexibility index (Phi) is 5.88. The van der Waals surface area contributed by atoms with Crippen LogP contribution < -0.4 is 10.1 Å². The van der Waals surface area contributed by atoms with Crippen LogP contribution in [0.5, 0.6) is 5.75 Å². The smallest absolute Gasteiger partial charge is 0.253 e. The molecule has 5 nitrogen and oxygen atoms in total. The van der Waals surface area contributed by atoms with Gasteiger partial charge in [0, 0.05) is 31.1 Å². The van der Waals surface area contributed by atoms with Crippen LogP contribution in [0.25, 0.3) is 0 Å². The molecular formula is C23H32N2O3. The number of nitrogens with one attached hydrogen (secondary N) is 1. The van der Waals surface area contributed by atoms with Gasteiger partial charge in [0.1, 0.15) is 5.75 Å². The van der Waals surface area contributed by atoms with Crippen LogP contribution in [0.4, 0.5) is 0 Å². The SMILES string of the molecule is COc1cccc(C(=O)N2CCC(C(=O)NC[C@H]3CC[C@@H]4CCC[C@@H]43)CC2)c1. The third kappa shape index (κ3) is 4.03. The number of amides is 2. The molecule has 28 heavy (non-hydrogen) atoms. The van der Waals surface area contributed by atoms with E-state index in [1.165, 1.54) is 32.1 Å². The zero-order valence-corrected chi connectivity index (χ0v) is 16.9. The highest BCUT2D eigenvalue weighted by Gasteiger charge is 2.39. The number of rotatable bonds is 5. The van der Waals surface area contributed by atoms with E-state index >= 15 is 0 Å². The van der Waals surface area contributed by atoms with Crippen molar-refractivity contribution >= 4 is 11.8 Å². The predicted octanol–water partition coefficient (Wildman–Crippen LogP) is 3.49. The van der Waals surface area contributed by atoms with E-state index in [1.807, 2.05) is 23.1 Å². The molecule has 0 spiro atoms. The van der Waals surface area contributed by atoms with E-state index in [0.29, 0.717) is 30.3 Å². The number of piperidine rings is 1. The highest BCUT2D eigenvalue weighted by atomic mass is 16.5. The van der Waals surface area contributed by atoms with Gasteiger partial charge >= 0.3 is 0 Å². The van der Waals surface area contributed by atoms with Crippen LogP contribution >= 0.6 is 0 Å². The van der Waals surface area contributed by atoms with Crippen LogP contribution in [0.3, 0.4) is 0 Å². The molecule has 3 aliphatic rings. The van der Waals surface area contributed by atoms with E-state index in [9.17, 15) is 9.59 Å². The third-order valence-corrected chi connectivity index (χ3v) is 7.24. The van der Waals surface area contributed by atoms with Gasteiger partial charge in [-0.05, 0) is 68.1 Å². The number of methoxy groups -OCH3 is 1. The van der Waals surface area contributed by atoms with Crippen LogP contribution in [0.1, 0.15) is 55.3 Å². The molecule has 4 rings (SSSR count). The summed E-state index contributed by atoms with van der Waals surface area (Å²) in [7, 11) is 1.60. The fourth-order valence-corrected chi connectivity index (χ4v) is 5.60. The molecule has 0 bridgehead atoms. The average molecular weight is 385 g/mol. The lowest BCUT2D eigenvalue weighted by molar-refractivity contribution is -0.126. The van der Waals surface area contributed by atoms with Crippen molar-refractivity contribution in [1.82, 2.24) is 10.2 Å². The summed E-state index contributed by atoms with van der Waals surface area (Å²) in [5, 5.41) is 3.24. The Morgan fingerprint density at radius 3 is 2.71 bits per heavy atom. The van der Waals surface area contributed by atoms with Gasteiger partial charge in [-0.1, -0.05) is 18.9 Å². The van der Waals surface area contributed by atoms with Crippen LogP contribution in [0, 0.1) is 23.7 Å². The fraction of sp³-hybridized carbons (Fsp3) is 0.652. The zero-order valence-electron chi connectivity index (χ0n) is 16.9. The summed E-state index contributed by atoms with van der Waals surface area (Å²) in [6.07, 6.45) is 8.26. The number of hydrogen-bond acceptors (Lipinski definition) is 3. The molecule has 2 aliphatic carbocycles. The summed E-state index contributed by atoms with van der Waals surface area (Å²) in [6.45, 7) is 2.13. The molecule has 152 valence electrons. The first-order valence-electron chi connectivity index (χ1n) is 10.9. The summed E-state index contributed by atoms with van der Waals surface area (Å²) >= 11 is 0. The first kappa shape index (κ1) is 19.3. The highest BCUT2D eigenvalue weighted by molar-refractivity contribution is 5.94. The number of nitrogens with zero attached hydrogens (tertiary/aromatic N) is 1. The first-order chi connectivity index (χ1) is 13.7. The fourth-order valence-electron chi connectivity index (χ4n) is 5.60. The number of carbonyl (C=O) groups excluding carboxylic acids is 2. The number of ether oxygens (including phenoxy) is 1. The highest BCUT2D eigenvalue weighted by Crippen LogP contribution is 2.47. The molecule has 5 heteroatoms. The normalized spacial score (nSPS) is 27.5. The van der Waals surface area contributed by atoms with Crippen molar-refractivity contribution in [2.45, 2.75) is 44.9 Å². The summed E-state index contributed by atoms with van der Waals surface area (Å²) in [4.78, 5) is 27.2. The van der Waals surface area contributed by atoms with E-state index in [4.69, 9.17) is 4.74 Å². The topological polar surface area (TPSA) is 58.6 Å². The Morgan fingerprint density at radius 2 is 1.93 bits per heavy atom. The Balaban J connectivity index is 1.24. The lowest BCUT2D eigenvalue weighted by atomic mass is 9.91. The van der Waals surface area contributed by atoms with E-state index in [-0.39, 0.29) is 17.7 Å². The summed E-state index contributed by atoms with van der Waals surface area (Å²) in [6, 6.07) is 7.27. The van der Waals surface area contributed by atoms with Gasteiger partial charge < -0.3 is 15.0 Å². The van der Waals surface area contributed by atoms with E-state index in [0.717, 1.165) is 31.2 Å². The van der Waals surface area contributed by atoms with Gasteiger partial charge in [-0.25, -0.2) is 0 Å². The summed E-state index contributed by atoms with van der Waals surface area (Å²) < 4.78 is 5.21. The van der Waals surface area contributed by atoms with Crippen molar-refractivity contribution in [2.75, 3.05) is 26.7 Å². The van der Waals surface area contributed by atoms with Crippen LogP contribution in [0.15, 0.2) is 24.3 Å². The molecule has 0 radical (unpaired) electrons. The minimum absolute atomic E-state index is 0.0241. The minimum atomic E-state index is 0.0241. The van der Waals surface area contributed by atoms with Crippen LogP contribution in [-0.4, -0.2) is 43.5 Å². The number of carbonyl (C=O) groups is 2. The molecule has 3 fully saturated rings. The second kappa shape index (κ2) is 8.54. The number of benzene rings is 1. The molecule has 1 heterocycles. The van der Waals surface area contributed by atoms with Crippen molar-refractivity contribution in [3.8, 4) is 5.75 Å². The van der Waals surface area contributed by atoms with Crippen molar-refractivity contribution in [3.05, 3.63) is 29.8 Å². The van der Waals surface area contributed by atoms with E-state index < -0.39 is 0 Å². The van der Waals surface area contributed by atoms with Crippen molar-refractivity contribution in [3.63, 3.8) is 0 Å². The maximum Gasteiger partial charge on any atom is 0.253 e. The molecule has 2 saturated carbocycles. The molecule has 1 N–H and O–H groups in total. The third-order valence-electron chi connectivity index (χ3n) is 7.24. The van der Waals surface area contributed by atoms with Gasteiger partial charge in [-0.15, -0.1) is 0 Å². The quantitative estimate of drug-likeness (QED) is 0.845. The molecule has 1 aromatic carbocycles. The van der Waals surface area contributed by atoms with Crippen molar-refractivity contribution in [2.24, 2.45) is 23.7 Å². The second-order valence-electron chi connectivity index (χ2n) is 8.74. The number of hydrogen-bond donors (Lipinski definition) is 1. The maximum atomic E-state index is 12.7. The second-order valence-corrected chi connectivity index (χ2v) is 8.74. The van der Waals surface area contributed by atoms with Gasteiger partial charge in [-0.3, -0.25) is 9.59 Å². The van der Waals surface area contributed by atoms with E-state index in [1.54, 1.807) is 13.2 Å². The molecule has 3 atom stereocenters. The first-order valence-corrected chi connectivity index (χ1v) is 10.9. The molecule has 1 aromatic rings. The van der Waals surface area contributed by atoms with Crippen LogP contribution in [-0.2, 0) is 4.79 Å². The lowest BCUT2D eigenvalue weighted by Crippen LogP contribution is -2.44. The Morgan fingerprint density at radius 1 is 1.11 bits per heavy atom. The van der Waals surface area contributed by atoms with Gasteiger partial charge in [0.05, 0.1) is 7.11 Å². The van der Waals surface area contributed by atoms with E-state index in [2.05, 4.69) is 5.32 Å². The summed E-state index contributed by atoms with van der Waals surface area (Å²) in [5.74, 6) is 3.40. The molecule has 2 amide bonds. The molecular weight excluding hydrogens is 352 g/mol. The van der Waals surface area contributed by atoms with Gasteiger partial charge in [0.25, 0.3) is 5.91 Å². The predicted molar refractivity (Wildman–Crippen MR) is 108 cm³/mol. The lowest BCUT2D eigenvalue weighted by Gasteiger charge is -2.32. The largest absolute Gasteiger partial charge is 0.497 e. The standard InChI is InChI=1S/C23H32N2O3/c1-28-20-6-2-5-18(14-20)23(27)25-12-10-17(11-13-25)22(26)24-15-19-9-8-16-4-3-7-21(16)19/h2,5-6,14,16-17,19,21H,3-4,7-13,15H2,1H3,(H,24,26)/t16-,19+,21-/m0/s1. The Bertz CT molecular complexity index is 712. The monoisotopic (exact) mass is 384 g/mol.